The van der Waals surface area contributed by atoms with Crippen molar-refractivity contribution in [1.29, 1.82) is 0 Å². The Bertz CT molecular complexity index is 368. The monoisotopic (exact) mass is 290 g/mol. The van der Waals surface area contributed by atoms with Crippen LogP contribution in [0.15, 0.2) is 16.6 Å². The van der Waals surface area contributed by atoms with Gasteiger partial charge in [0.25, 0.3) is 0 Å². The zero-order chi connectivity index (χ0) is 12.3. The number of benzene rings is 1. The van der Waals surface area contributed by atoms with Gasteiger partial charge in [-0.05, 0) is 27.9 Å². The Balaban J connectivity index is 3.16. The Morgan fingerprint density at radius 3 is 2.62 bits per heavy atom. The molecule has 0 aliphatic heterocycles. The largest absolute Gasteiger partial charge is 0.496 e. The maximum absolute atomic E-state index is 13.3. The second kappa shape index (κ2) is 5.64. The fourth-order valence-electron chi connectivity index (χ4n) is 1.48. The summed E-state index contributed by atoms with van der Waals surface area (Å²) in [6.45, 7) is 3.94. The Labute approximate surface area is 104 Å². The predicted molar refractivity (Wildman–Crippen MR) is 65.1 cm³/mol. The Morgan fingerprint density at radius 2 is 2.12 bits per heavy atom. The first-order chi connectivity index (χ1) is 7.51. The topological polar surface area (TPSA) is 29.5 Å². The maximum atomic E-state index is 13.3. The smallest absolute Gasteiger partial charge is 0.141 e. The van der Waals surface area contributed by atoms with Gasteiger partial charge < -0.3 is 9.84 Å². The number of aliphatic hydroxyl groups excluding tert-OH is 1. The summed E-state index contributed by atoms with van der Waals surface area (Å²) in [7, 11) is 1.47. The molecule has 2 unspecified atom stereocenters. The average Bonchev–Trinajstić information content (AvgIpc) is 2.30. The molecular formula is C12H16BrFO2. The van der Waals surface area contributed by atoms with Crippen LogP contribution in [0.25, 0.3) is 0 Å². The van der Waals surface area contributed by atoms with E-state index in [2.05, 4.69) is 15.9 Å². The van der Waals surface area contributed by atoms with E-state index in [0.717, 1.165) is 6.42 Å². The molecule has 0 bridgehead atoms. The molecule has 0 fully saturated rings. The first-order valence-corrected chi connectivity index (χ1v) is 6.01. The van der Waals surface area contributed by atoms with E-state index < -0.39 is 11.9 Å². The van der Waals surface area contributed by atoms with E-state index in [1.54, 1.807) is 6.07 Å². The van der Waals surface area contributed by atoms with Crippen molar-refractivity contribution >= 4 is 15.9 Å². The van der Waals surface area contributed by atoms with E-state index in [1.165, 1.54) is 13.2 Å². The van der Waals surface area contributed by atoms with E-state index in [0.29, 0.717) is 15.8 Å². The highest BCUT2D eigenvalue weighted by molar-refractivity contribution is 9.10. The molecule has 0 saturated heterocycles. The Kier molecular flexibility index (Phi) is 4.74. The lowest BCUT2D eigenvalue weighted by atomic mass is 9.94. The first kappa shape index (κ1) is 13.5. The highest BCUT2D eigenvalue weighted by Crippen LogP contribution is 2.34. The molecule has 1 N–H and O–H groups in total. The van der Waals surface area contributed by atoms with Gasteiger partial charge in [-0.2, -0.15) is 0 Å². The molecular weight excluding hydrogens is 275 g/mol. The third-order valence-corrected chi connectivity index (χ3v) is 3.38. The SMILES string of the molecule is CCC(C)C(O)c1cc(Br)c(F)cc1OC. The van der Waals surface area contributed by atoms with Crippen LogP contribution in [0.4, 0.5) is 4.39 Å². The van der Waals surface area contributed by atoms with Crippen molar-refractivity contribution in [2.75, 3.05) is 7.11 Å². The van der Waals surface area contributed by atoms with Crippen LogP contribution in [0.3, 0.4) is 0 Å². The molecule has 0 aliphatic carbocycles. The lowest BCUT2D eigenvalue weighted by Gasteiger charge is -2.20. The third-order valence-electron chi connectivity index (χ3n) is 2.77. The van der Waals surface area contributed by atoms with Crippen molar-refractivity contribution in [1.82, 2.24) is 0 Å². The summed E-state index contributed by atoms with van der Waals surface area (Å²) in [6.07, 6.45) is 0.205. The van der Waals surface area contributed by atoms with E-state index in [9.17, 15) is 9.50 Å². The van der Waals surface area contributed by atoms with Gasteiger partial charge in [0.05, 0.1) is 17.7 Å². The number of rotatable bonds is 4. The standard InChI is InChI=1S/C12H16BrFO2/c1-4-7(2)12(15)8-5-9(13)10(14)6-11(8)16-3/h5-7,12,15H,4H2,1-3H3. The number of aliphatic hydroxyl groups is 1. The van der Waals surface area contributed by atoms with Crippen molar-refractivity contribution in [2.24, 2.45) is 5.92 Å². The molecule has 0 aromatic heterocycles. The Hall–Kier alpha value is -0.610. The number of ether oxygens (including phenoxy) is 1. The van der Waals surface area contributed by atoms with Crippen LogP contribution >= 0.6 is 15.9 Å². The second-order valence-electron chi connectivity index (χ2n) is 3.84. The minimum atomic E-state index is -0.642. The van der Waals surface area contributed by atoms with Crippen LogP contribution in [-0.2, 0) is 0 Å². The zero-order valence-electron chi connectivity index (χ0n) is 9.63. The fourth-order valence-corrected chi connectivity index (χ4v) is 1.84. The average molecular weight is 291 g/mol. The van der Waals surface area contributed by atoms with Gasteiger partial charge in [0.15, 0.2) is 0 Å². The highest BCUT2D eigenvalue weighted by atomic mass is 79.9. The summed E-state index contributed by atoms with van der Waals surface area (Å²) >= 11 is 3.11. The molecule has 0 heterocycles. The van der Waals surface area contributed by atoms with Crippen LogP contribution < -0.4 is 4.74 Å². The summed E-state index contributed by atoms with van der Waals surface area (Å²) in [5.74, 6) is 0.0942. The third kappa shape index (κ3) is 2.74. The number of methoxy groups -OCH3 is 1. The lowest BCUT2D eigenvalue weighted by Crippen LogP contribution is -2.10. The molecule has 16 heavy (non-hydrogen) atoms. The van der Waals surface area contributed by atoms with Gasteiger partial charge in [-0.15, -0.1) is 0 Å². The second-order valence-corrected chi connectivity index (χ2v) is 4.69. The fraction of sp³-hybridized carbons (Fsp3) is 0.500. The van der Waals surface area contributed by atoms with Gasteiger partial charge in [-0.3, -0.25) is 0 Å². The van der Waals surface area contributed by atoms with Crippen LogP contribution in [0, 0.1) is 11.7 Å². The molecule has 0 radical (unpaired) electrons. The molecule has 1 aromatic carbocycles. The van der Waals surface area contributed by atoms with Crippen molar-refractivity contribution in [2.45, 2.75) is 26.4 Å². The van der Waals surface area contributed by atoms with Gasteiger partial charge in [0.1, 0.15) is 11.6 Å². The van der Waals surface area contributed by atoms with Crippen LogP contribution in [0.2, 0.25) is 0 Å². The van der Waals surface area contributed by atoms with Crippen LogP contribution in [-0.4, -0.2) is 12.2 Å². The molecule has 0 saturated carbocycles. The molecule has 1 aromatic rings. The van der Waals surface area contributed by atoms with Gasteiger partial charge in [-0.25, -0.2) is 4.39 Å². The summed E-state index contributed by atoms with van der Waals surface area (Å²) in [6, 6.07) is 2.86. The first-order valence-electron chi connectivity index (χ1n) is 5.22. The minimum Gasteiger partial charge on any atom is -0.496 e. The van der Waals surface area contributed by atoms with Gasteiger partial charge in [0.2, 0.25) is 0 Å². The molecule has 0 amide bonds. The number of halogens is 2. The molecule has 2 atom stereocenters. The molecule has 0 aliphatic rings. The van der Waals surface area contributed by atoms with E-state index in [1.807, 2.05) is 13.8 Å². The molecule has 90 valence electrons. The summed E-state index contributed by atoms with van der Waals surface area (Å²) in [5.41, 5.74) is 0.616. The van der Waals surface area contributed by atoms with E-state index >= 15 is 0 Å². The van der Waals surface area contributed by atoms with Gasteiger partial charge in [-0.1, -0.05) is 20.3 Å². The summed E-state index contributed by atoms with van der Waals surface area (Å²) < 4.78 is 18.7. The number of hydrogen-bond donors (Lipinski definition) is 1. The lowest BCUT2D eigenvalue weighted by molar-refractivity contribution is 0.112. The number of hydrogen-bond acceptors (Lipinski definition) is 2. The maximum Gasteiger partial charge on any atom is 0.141 e. The van der Waals surface area contributed by atoms with Gasteiger partial charge in [0, 0.05) is 11.6 Å². The van der Waals surface area contributed by atoms with E-state index in [-0.39, 0.29) is 5.92 Å². The highest BCUT2D eigenvalue weighted by Gasteiger charge is 2.20. The molecule has 4 heteroatoms. The summed E-state index contributed by atoms with van der Waals surface area (Å²) in [4.78, 5) is 0. The van der Waals surface area contributed by atoms with E-state index in [4.69, 9.17) is 4.74 Å². The zero-order valence-corrected chi connectivity index (χ0v) is 11.2. The van der Waals surface area contributed by atoms with Crippen molar-refractivity contribution in [3.63, 3.8) is 0 Å². The van der Waals surface area contributed by atoms with Crippen LogP contribution in [0.5, 0.6) is 5.75 Å². The molecule has 1 rings (SSSR count). The normalized spacial score (nSPS) is 14.6. The molecule has 2 nitrogen and oxygen atoms in total. The summed E-state index contributed by atoms with van der Waals surface area (Å²) in [5, 5.41) is 10.1. The van der Waals surface area contributed by atoms with Crippen molar-refractivity contribution in [3.05, 3.63) is 28.0 Å². The Morgan fingerprint density at radius 1 is 1.50 bits per heavy atom. The minimum absolute atomic E-state index is 0.103. The quantitative estimate of drug-likeness (QED) is 0.917. The van der Waals surface area contributed by atoms with Crippen LogP contribution in [0.1, 0.15) is 31.9 Å². The van der Waals surface area contributed by atoms with Crippen molar-refractivity contribution < 1.29 is 14.2 Å². The molecule has 0 spiro atoms. The van der Waals surface area contributed by atoms with Crippen molar-refractivity contribution in [3.8, 4) is 5.75 Å². The predicted octanol–water partition coefficient (Wildman–Crippen LogP) is 3.68. The van der Waals surface area contributed by atoms with Gasteiger partial charge >= 0.3 is 0 Å².